The Balaban J connectivity index is 1.17. The van der Waals surface area contributed by atoms with Gasteiger partial charge >= 0.3 is 0 Å². The molecule has 1 amide bonds. The van der Waals surface area contributed by atoms with E-state index in [1.807, 2.05) is 52.4 Å². The lowest BCUT2D eigenvalue weighted by molar-refractivity contribution is 0.0342. The zero-order valence-corrected chi connectivity index (χ0v) is 24.4. The molecule has 1 fully saturated rings. The lowest BCUT2D eigenvalue weighted by Gasteiger charge is -2.26. The van der Waals surface area contributed by atoms with E-state index in [2.05, 4.69) is 32.7 Å². The van der Waals surface area contributed by atoms with Gasteiger partial charge in [0.2, 0.25) is 5.95 Å². The van der Waals surface area contributed by atoms with Crippen LogP contribution in [0.15, 0.2) is 96.6 Å². The zero-order chi connectivity index (χ0) is 29.9. The van der Waals surface area contributed by atoms with Crippen LogP contribution >= 0.6 is 11.3 Å². The quantitative estimate of drug-likeness (QED) is 0.205. The van der Waals surface area contributed by atoms with Crippen molar-refractivity contribution in [3.05, 3.63) is 114 Å². The Labute approximate surface area is 257 Å². The van der Waals surface area contributed by atoms with Crippen LogP contribution in [0.2, 0.25) is 0 Å². The van der Waals surface area contributed by atoms with Crippen LogP contribution in [-0.2, 0) is 11.3 Å². The second kappa shape index (κ2) is 12.3. The lowest BCUT2D eigenvalue weighted by atomic mass is 10.1. The lowest BCUT2D eigenvalue weighted by Crippen LogP contribution is -2.35. The molecule has 0 radical (unpaired) electrons. The maximum atomic E-state index is 14.2. The Morgan fingerprint density at radius 1 is 0.955 bits per heavy atom. The van der Waals surface area contributed by atoms with Crippen LogP contribution in [0, 0.1) is 5.82 Å². The van der Waals surface area contributed by atoms with Crippen LogP contribution in [0.1, 0.15) is 15.9 Å². The summed E-state index contributed by atoms with van der Waals surface area (Å²) in [5, 5.41) is 8.15. The van der Waals surface area contributed by atoms with Gasteiger partial charge < -0.3 is 15.4 Å². The number of imidazole rings is 1. The average molecular weight is 606 g/mol. The van der Waals surface area contributed by atoms with Gasteiger partial charge in [0.15, 0.2) is 4.96 Å². The molecule has 0 atom stereocenters. The fraction of sp³-hybridized carbons (Fsp3) is 0.152. The van der Waals surface area contributed by atoms with Gasteiger partial charge in [-0.3, -0.25) is 14.1 Å². The standard InChI is InChI=1S/C33H28FN7O2S/c34-27-10-2-1-9-26(27)31(42)36-25-8-4-6-23(20-25)29-30(41-15-18-44-33(41)39-29)28-11-12-35-32(38-28)37-24-7-3-5-22(19-24)21-40-13-16-43-17-14-40/h1-12,15,18-20H,13-14,16-17,21H2,(H,36,42)(H,35,37,38). The van der Waals surface area contributed by atoms with Gasteiger partial charge in [-0.25, -0.2) is 19.3 Å². The number of rotatable bonds is 8. The van der Waals surface area contributed by atoms with Gasteiger partial charge in [-0.1, -0.05) is 36.4 Å². The first-order valence-electron chi connectivity index (χ1n) is 14.2. The summed E-state index contributed by atoms with van der Waals surface area (Å²) in [5.41, 5.74) is 5.59. The number of nitrogens with zero attached hydrogens (tertiary/aromatic N) is 5. The summed E-state index contributed by atoms with van der Waals surface area (Å²) in [6, 6.07) is 23.4. The van der Waals surface area contributed by atoms with Gasteiger partial charge in [-0.15, -0.1) is 11.3 Å². The smallest absolute Gasteiger partial charge is 0.258 e. The predicted octanol–water partition coefficient (Wildman–Crippen LogP) is 6.49. The number of ether oxygens (including phenoxy) is 1. The molecule has 44 heavy (non-hydrogen) atoms. The Morgan fingerprint density at radius 2 is 1.80 bits per heavy atom. The van der Waals surface area contributed by atoms with Gasteiger partial charge in [0, 0.05) is 54.3 Å². The molecule has 3 aromatic carbocycles. The molecule has 11 heteroatoms. The minimum atomic E-state index is -0.574. The Morgan fingerprint density at radius 3 is 2.68 bits per heavy atom. The van der Waals surface area contributed by atoms with E-state index in [1.165, 1.54) is 29.0 Å². The number of fused-ring (bicyclic) bond motifs is 1. The topological polar surface area (TPSA) is 96.7 Å². The molecule has 1 aliphatic heterocycles. The van der Waals surface area contributed by atoms with E-state index in [0.29, 0.717) is 23.0 Å². The van der Waals surface area contributed by atoms with Gasteiger partial charge in [0.1, 0.15) is 11.5 Å². The summed E-state index contributed by atoms with van der Waals surface area (Å²) < 4.78 is 21.7. The first-order valence-corrected chi connectivity index (χ1v) is 15.1. The zero-order valence-electron chi connectivity index (χ0n) is 23.6. The number of benzene rings is 3. The third-order valence-electron chi connectivity index (χ3n) is 7.37. The van der Waals surface area contributed by atoms with Crippen molar-refractivity contribution in [1.29, 1.82) is 0 Å². The summed E-state index contributed by atoms with van der Waals surface area (Å²) in [4.78, 5) is 30.2. The van der Waals surface area contributed by atoms with E-state index >= 15 is 0 Å². The van der Waals surface area contributed by atoms with Crippen molar-refractivity contribution >= 4 is 39.5 Å². The first-order chi connectivity index (χ1) is 21.6. The van der Waals surface area contributed by atoms with Crippen molar-refractivity contribution in [2.75, 3.05) is 36.9 Å². The van der Waals surface area contributed by atoms with Crippen molar-refractivity contribution in [1.82, 2.24) is 24.3 Å². The summed E-state index contributed by atoms with van der Waals surface area (Å²) in [5.74, 6) is -0.630. The van der Waals surface area contributed by atoms with Crippen LogP contribution in [0.4, 0.5) is 21.7 Å². The minimum absolute atomic E-state index is 0.0197. The second-order valence-electron chi connectivity index (χ2n) is 10.4. The molecule has 0 aliphatic carbocycles. The van der Waals surface area contributed by atoms with Gasteiger partial charge in [-0.2, -0.15) is 0 Å². The number of aromatic nitrogens is 4. The number of thiazole rings is 1. The monoisotopic (exact) mass is 605 g/mol. The Kier molecular flexibility index (Phi) is 7.80. The van der Waals surface area contributed by atoms with Crippen molar-refractivity contribution in [2.24, 2.45) is 0 Å². The minimum Gasteiger partial charge on any atom is -0.379 e. The molecular formula is C33H28FN7O2S. The highest BCUT2D eigenvalue weighted by Crippen LogP contribution is 2.35. The van der Waals surface area contributed by atoms with Gasteiger partial charge in [-0.05, 0) is 48.0 Å². The number of halogens is 1. The average Bonchev–Trinajstić information content (AvgIpc) is 3.64. The molecule has 0 spiro atoms. The van der Waals surface area contributed by atoms with Crippen molar-refractivity contribution in [3.8, 4) is 22.6 Å². The molecule has 220 valence electrons. The number of anilines is 3. The van der Waals surface area contributed by atoms with Crippen LogP contribution in [0.3, 0.4) is 0 Å². The molecule has 7 rings (SSSR count). The van der Waals surface area contributed by atoms with Crippen LogP contribution in [0.25, 0.3) is 27.6 Å². The van der Waals surface area contributed by atoms with Crippen molar-refractivity contribution < 1.29 is 13.9 Å². The molecule has 9 nitrogen and oxygen atoms in total. The first kappa shape index (κ1) is 27.8. The van der Waals surface area contributed by atoms with Crippen LogP contribution < -0.4 is 10.6 Å². The maximum Gasteiger partial charge on any atom is 0.258 e. The third kappa shape index (κ3) is 5.93. The van der Waals surface area contributed by atoms with E-state index in [1.54, 1.807) is 24.4 Å². The maximum absolute atomic E-state index is 14.2. The molecule has 0 unspecified atom stereocenters. The van der Waals surface area contributed by atoms with E-state index in [0.717, 1.165) is 54.8 Å². The highest BCUT2D eigenvalue weighted by Gasteiger charge is 2.20. The fourth-order valence-corrected chi connectivity index (χ4v) is 5.98. The molecule has 4 heterocycles. The van der Waals surface area contributed by atoms with E-state index in [9.17, 15) is 9.18 Å². The summed E-state index contributed by atoms with van der Waals surface area (Å²) in [6.45, 7) is 4.23. The largest absolute Gasteiger partial charge is 0.379 e. The molecule has 0 bridgehead atoms. The second-order valence-corrected chi connectivity index (χ2v) is 11.2. The highest BCUT2D eigenvalue weighted by atomic mass is 32.1. The predicted molar refractivity (Wildman–Crippen MR) is 170 cm³/mol. The molecule has 1 saturated heterocycles. The van der Waals surface area contributed by atoms with Crippen molar-refractivity contribution in [2.45, 2.75) is 6.54 Å². The molecule has 2 N–H and O–H groups in total. The van der Waals surface area contributed by atoms with Crippen molar-refractivity contribution in [3.63, 3.8) is 0 Å². The fourth-order valence-electron chi connectivity index (χ4n) is 5.26. The summed E-state index contributed by atoms with van der Waals surface area (Å²) in [6.07, 6.45) is 3.68. The highest BCUT2D eigenvalue weighted by molar-refractivity contribution is 7.15. The number of carbonyl (C=O) groups excluding carboxylic acids is 1. The van der Waals surface area contributed by atoms with E-state index in [4.69, 9.17) is 14.7 Å². The summed E-state index contributed by atoms with van der Waals surface area (Å²) >= 11 is 1.52. The van der Waals surface area contributed by atoms with Crippen LogP contribution in [-0.4, -0.2) is 56.5 Å². The molecular weight excluding hydrogens is 577 g/mol. The Hall–Kier alpha value is -4.97. The normalized spacial score (nSPS) is 13.7. The SMILES string of the molecule is O=C(Nc1cccc(-c2nc3sccn3c2-c2ccnc(Nc3cccc(CN4CCOCC4)c3)n2)c1)c1ccccc1F. The van der Waals surface area contributed by atoms with Gasteiger partial charge in [0.05, 0.1) is 30.2 Å². The molecule has 3 aromatic heterocycles. The van der Waals surface area contributed by atoms with E-state index in [-0.39, 0.29) is 5.56 Å². The molecule has 0 saturated carbocycles. The Bertz CT molecular complexity index is 1950. The number of hydrogen-bond acceptors (Lipinski definition) is 8. The number of hydrogen-bond donors (Lipinski definition) is 2. The number of morpholine rings is 1. The van der Waals surface area contributed by atoms with Crippen LogP contribution in [0.5, 0.6) is 0 Å². The number of amides is 1. The molecule has 1 aliphatic rings. The van der Waals surface area contributed by atoms with Gasteiger partial charge in [0.25, 0.3) is 5.91 Å². The molecule has 6 aromatic rings. The number of nitrogens with one attached hydrogen (secondary N) is 2. The summed E-state index contributed by atoms with van der Waals surface area (Å²) in [7, 11) is 0. The number of carbonyl (C=O) groups is 1. The van der Waals surface area contributed by atoms with E-state index < -0.39 is 11.7 Å². The third-order valence-corrected chi connectivity index (χ3v) is 8.12.